The van der Waals surface area contributed by atoms with Crippen LogP contribution in [0.2, 0.25) is 0 Å². The number of benzene rings is 1. The third-order valence-electron chi connectivity index (χ3n) is 3.54. The van der Waals surface area contributed by atoms with Crippen molar-refractivity contribution in [2.45, 2.75) is 26.3 Å². The summed E-state index contributed by atoms with van der Waals surface area (Å²) in [6.45, 7) is 4.04. The van der Waals surface area contributed by atoms with E-state index in [1.54, 1.807) is 12.1 Å². The summed E-state index contributed by atoms with van der Waals surface area (Å²) in [5.41, 5.74) is 5.81. The summed E-state index contributed by atoms with van der Waals surface area (Å²) in [7, 11) is 0. The molecule has 6 heteroatoms. The molecular formula is C14H19FN4O. The molecule has 0 radical (unpaired) electrons. The summed E-state index contributed by atoms with van der Waals surface area (Å²) in [6.07, 6.45) is 0.908. The molecule has 0 aliphatic carbocycles. The number of rotatable bonds is 5. The van der Waals surface area contributed by atoms with E-state index in [0.717, 1.165) is 6.42 Å². The molecule has 0 spiro atoms. The van der Waals surface area contributed by atoms with Crippen molar-refractivity contribution in [2.75, 3.05) is 17.7 Å². The minimum absolute atomic E-state index is 0.00550. The number of aliphatic hydroxyl groups excluding tert-OH is 1. The lowest BCUT2D eigenvalue weighted by atomic mass is 10.00. The molecule has 0 aliphatic heterocycles. The van der Waals surface area contributed by atoms with Crippen LogP contribution in [0.1, 0.15) is 20.3 Å². The highest BCUT2D eigenvalue weighted by Gasteiger charge is 2.17. The molecular weight excluding hydrogens is 259 g/mol. The summed E-state index contributed by atoms with van der Waals surface area (Å²) >= 11 is 0. The molecule has 2 atom stereocenters. The number of anilines is 2. The second kappa shape index (κ2) is 6.00. The molecule has 2 rings (SSSR count). The maximum absolute atomic E-state index is 13.8. The van der Waals surface area contributed by atoms with Crippen LogP contribution in [0.5, 0.6) is 0 Å². The second-order valence-corrected chi connectivity index (χ2v) is 4.89. The van der Waals surface area contributed by atoms with Gasteiger partial charge in [0, 0.05) is 5.39 Å². The third-order valence-corrected chi connectivity index (χ3v) is 3.54. The molecule has 0 saturated heterocycles. The monoisotopic (exact) mass is 278 g/mol. The zero-order valence-electron chi connectivity index (χ0n) is 11.6. The van der Waals surface area contributed by atoms with Gasteiger partial charge in [0.05, 0.1) is 12.6 Å². The Morgan fingerprint density at radius 3 is 2.80 bits per heavy atom. The number of nitrogen functional groups attached to an aromatic ring is 1. The van der Waals surface area contributed by atoms with Gasteiger partial charge in [-0.25, -0.2) is 9.37 Å². The van der Waals surface area contributed by atoms with Gasteiger partial charge in [0.1, 0.15) is 17.2 Å². The minimum atomic E-state index is -0.441. The normalized spacial score (nSPS) is 14.2. The molecule has 0 fully saturated rings. The molecule has 0 amide bonds. The van der Waals surface area contributed by atoms with Crippen LogP contribution < -0.4 is 11.1 Å². The number of aliphatic hydroxyl groups is 1. The summed E-state index contributed by atoms with van der Waals surface area (Å²) in [5.74, 6) is 0.265. The van der Waals surface area contributed by atoms with Crippen molar-refractivity contribution in [3.63, 3.8) is 0 Å². The Balaban J connectivity index is 2.46. The van der Waals surface area contributed by atoms with Crippen LogP contribution >= 0.6 is 0 Å². The maximum Gasteiger partial charge on any atom is 0.222 e. The van der Waals surface area contributed by atoms with Gasteiger partial charge in [-0.2, -0.15) is 4.98 Å². The molecule has 108 valence electrons. The van der Waals surface area contributed by atoms with E-state index in [4.69, 9.17) is 5.73 Å². The minimum Gasteiger partial charge on any atom is -0.394 e. The summed E-state index contributed by atoms with van der Waals surface area (Å²) in [5, 5.41) is 13.2. The van der Waals surface area contributed by atoms with E-state index in [-0.39, 0.29) is 30.0 Å². The largest absolute Gasteiger partial charge is 0.394 e. The maximum atomic E-state index is 13.8. The topological polar surface area (TPSA) is 84.1 Å². The Bertz CT molecular complexity index is 605. The van der Waals surface area contributed by atoms with Crippen LogP contribution in [0.4, 0.5) is 16.2 Å². The van der Waals surface area contributed by atoms with Crippen molar-refractivity contribution in [3.8, 4) is 0 Å². The van der Waals surface area contributed by atoms with Crippen molar-refractivity contribution in [3.05, 3.63) is 24.0 Å². The molecule has 0 saturated carbocycles. The standard InChI is InChI=1S/C14H19FN4O/c1-3-8(2)11(7-20)17-13-9-5-4-6-10(15)12(9)18-14(16)19-13/h4-6,8,11,20H,3,7H2,1-2H3,(H3,16,17,18,19)/t8-,11+/m0/s1. The average molecular weight is 278 g/mol. The van der Waals surface area contributed by atoms with Crippen molar-refractivity contribution in [1.29, 1.82) is 0 Å². The van der Waals surface area contributed by atoms with E-state index in [0.29, 0.717) is 11.2 Å². The smallest absolute Gasteiger partial charge is 0.222 e. The molecule has 0 unspecified atom stereocenters. The number of para-hydroxylation sites is 1. The molecule has 1 aromatic heterocycles. The number of nitrogens with zero attached hydrogens (tertiary/aromatic N) is 2. The van der Waals surface area contributed by atoms with E-state index in [1.807, 2.05) is 13.8 Å². The van der Waals surface area contributed by atoms with Gasteiger partial charge in [0.25, 0.3) is 0 Å². The van der Waals surface area contributed by atoms with Crippen molar-refractivity contribution in [2.24, 2.45) is 5.92 Å². The summed E-state index contributed by atoms with van der Waals surface area (Å²) in [4.78, 5) is 8.05. The van der Waals surface area contributed by atoms with Crippen molar-refractivity contribution >= 4 is 22.7 Å². The quantitative estimate of drug-likeness (QED) is 0.780. The number of nitrogens with two attached hydrogens (primary N) is 1. The predicted octanol–water partition coefficient (Wildman–Crippen LogP) is 2.17. The summed E-state index contributed by atoms with van der Waals surface area (Å²) in [6, 6.07) is 4.49. The number of hydrogen-bond donors (Lipinski definition) is 3. The van der Waals surface area contributed by atoms with Crippen molar-refractivity contribution < 1.29 is 9.50 Å². The van der Waals surface area contributed by atoms with Crippen molar-refractivity contribution in [1.82, 2.24) is 9.97 Å². The fourth-order valence-electron chi connectivity index (χ4n) is 2.07. The number of fused-ring (bicyclic) bond motifs is 1. The zero-order valence-corrected chi connectivity index (χ0v) is 11.6. The van der Waals surface area contributed by atoms with E-state index >= 15 is 0 Å². The number of halogens is 1. The highest BCUT2D eigenvalue weighted by atomic mass is 19.1. The van der Waals surface area contributed by atoms with Gasteiger partial charge in [-0.05, 0) is 18.1 Å². The first kappa shape index (κ1) is 14.5. The Morgan fingerprint density at radius 1 is 1.40 bits per heavy atom. The van der Waals surface area contributed by atoms with Gasteiger partial charge in [0.15, 0.2) is 0 Å². The molecule has 2 aromatic rings. The first-order valence-electron chi connectivity index (χ1n) is 6.66. The molecule has 1 heterocycles. The molecule has 20 heavy (non-hydrogen) atoms. The molecule has 4 N–H and O–H groups in total. The number of nitrogens with one attached hydrogen (secondary N) is 1. The second-order valence-electron chi connectivity index (χ2n) is 4.89. The Morgan fingerprint density at radius 2 is 2.15 bits per heavy atom. The molecule has 0 bridgehead atoms. The van der Waals surface area contributed by atoms with Gasteiger partial charge in [0.2, 0.25) is 5.95 Å². The third kappa shape index (κ3) is 2.80. The van der Waals surface area contributed by atoms with Crippen LogP contribution in [0.25, 0.3) is 10.9 Å². The van der Waals surface area contributed by atoms with Gasteiger partial charge in [-0.3, -0.25) is 0 Å². The Labute approximate surface area is 117 Å². The Hall–Kier alpha value is -1.95. The number of aromatic nitrogens is 2. The van der Waals surface area contributed by atoms with Gasteiger partial charge in [-0.15, -0.1) is 0 Å². The summed E-state index contributed by atoms with van der Waals surface area (Å²) < 4.78 is 13.8. The molecule has 1 aromatic carbocycles. The lowest BCUT2D eigenvalue weighted by molar-refractivity contribution is 0.241. The average Bonchev–Trinajstić information content (AvgIpc) is 2.44. The first-order valence-corrected chi connectivity index (χ1v) is 6.66. The zero-order chi connectivity index (χ0) is 14.7. The van der Waals surface area contributed by atoms with Crippen LogP contribution in [0.3, 0.4) is 0 Å². The first-order chi connectivity index (χ1) is 9.56. The van der Waals surface area contributed by atoms with E-state index in [1.165, 1.54) is 6.07 Å². The molecule has 5 nitrogen and oxygen atoms in total. The van der Waals surface area contributed by atoms with Crippen LogP contribution in [0.15, 0.2) is 18.2 Å². The van der Waals surface area contributed by atoms with E-state index < -0.39 is 5.82 Å². The highest BCUT2D eigenvalue weighted by molar-refractivity contribution is 5.90. The van der Waals surface area contributed by atoms with E-state index in [9.17, 15) is 9.50 Å². The van der Waals surface area contributed by atoms with Gasteiger partial charge >= 0.3 is 0 Å². The fourth-order valence-corrected chi connectivity index (χ4v) is 2.07. The van der Waals surface area contributed by atoms with Crippen LogP contribution in [0, 0.1) is 11.7 Å². The van der Waals surface area contributed by atoms with Crippen LogP contribution in [-0.2, 0) is 0 Å². The lowest BCUT2D eigenvalue weighted by Gasteiger charge is -2.23. The Kier molecular flexibility index (Phi) is 4.34. The predicted molar refractivity (Wildman–Crippen MR) is 77.9 cm³/mol. The van der Waals surface area contributed by atoms with Gasteiger partial charge in [-0.1, -0.05) is 26.3 Å². The van der Waals surface area contributed by atoms with Crippen LogP contribution in [-0.4, -0.2) is 27.7 Å². The highest BCUT2D eigenvalue weighted by Crippen LogP contribution is 2.25. The number of hydrogen-bond acceptors (Lipinski definition) is 5. The molecule has 0 aliphatic rings. The fraction of sp³-hybridized carbons (Fsp3) is 0.429. The lowest BCUT2D eigenvalue weighted by Crippen LogP contribution is -2.31. The van der Waals surface area contributed by atoms with Gasteiger partial charge < -0.3 is 16.2 Å². The SMILES string of the molecule is CC[C@H](C)[C@@H](CO)Nc1nc(N)nc2c(F)cccc12. The van der Waals surface area contributed by atoms with E-state index in [2.05, 4.69) is 15.3 Å².